The van der Waals surface area contributed by atoms with Crippen molar-refractivity contribution in [3.8, 4) is 5.75 Å². The average Bonchev–Trinajstić information content (AvgIpc) is 2.84. The van der Waals surface area contributed by atoms with E-state index in [2.05, 4.69) is 12.2 Å². The van der Waals surface area contributed by atoms with Gasteiger partial charge in [-0.15, -0.1) is 0 Å². The molecule has 0 spiro atoms. The molecule has 8 nitrogen and oxygen atoms in total. The molecule has 1 heterocycles. The number of carbonyl (C=O) groups excluding carboxylic acids is 2. The molecular formula is C25H32N2O6S. The molecule has 1 fully saturated rings. The molecule has 0 radical (unpaired) electrons. The molecular weight excluding hydrogens is 456 g/mol. The summed E-state index contributed by atoms with van der Waals surface area (Å²) in [5.74, 6) is -0.175. The smallest absolute Gasteiger partial charge is 0.338 e. The third-order valence-corrected chi connectivity index (χ3v) is 7.80. The van der Waals surface area contributed by atoms with Gasteiger partial charge in [-0.1, -0.05) is 20.3 Å². The third-order valence-electron chi connectivity index (χ3n) is 5.91. The molecule has 1 saturated heterocycles. The minimum absolute atomic E-state index is 0.0539. The lowest BCUT2D eigenvalue weighted by Crippen LogP contribution is -2.37. The number of amides is 1. The highest BCUT2D eigenvalue weighted by molar-refractivity contribution is 7.89. The van der Waals surface area contributed by atoms with Crippen molar-refractivity contribution in [3.05, 3.63) is 53.6 Å². The summed E-state index contributed by atoms with van der Waals surface area (Å²) >= 11 is 0. The summed E-state index contributed by atoms with van der Waals surface area (Å²) in [5, 5.41) is 2.74. The topological polar surface area (TPSA) is 102 Å². The molecule has 2 aromatic carbocycles. The number of sulfonamides is 1. The van der Waals surface area contributed by atoms with Gasteiger partial charge >= 0.3 is 5.97 Å². The maximum absolute atomic E-state index is 13.1. The van der Waals surface area contributed by atoms with Gasteiger partial charge in [-0.25, -0.2) is 13.2 Å². The van der Waals surface area contributed by atoms with Gasteiger partial charge in [0.15, 0.2) is 0 Å². The van der Waals surface area contributed by atoms with Gasteiger partial charge in [0.05, 0.1) is 29.7 Å². The summed E-state index contributed by atoms with van der Waals surface area (Å²) in [6.07, 6.45) is 3.35. The molecule has 0 saturated carbocycles. The standard InChI is InChI=1S/C25H32N2O6S/c1-4-5-16-33-25(29)19-6-8-20(9-7-19)26-24(28)22-17-21(10-11-23(22)32-3)34(30,31)27-14-12-18(2)13-15-27/h6-11,17-18H,4-5,12-16H2,1-3H3,(H,26,28). The first-order valence-corrected chi connectivity index (χ1v) is 13.0. The lowest BCUT2D eigenvalue weighted by atomic mass is 10.0. The van der Waals surface area contributed by atoms with Gasteiger partial charge in [0.25, 0.3) is 5.91 Å². The van der Waals surface area contributed by atoms with E-state index < -0.39 is 21.9 Å². The van der Waals surface area contributed by atoms with E-state index in [0.717, 1.165) is 25.7 Å². The Morgan fingerprint density at radius 3 is 2.38 bits per heavy atom. The molecule has 0 aromatic heterocycles. The van der Waals surface area contributed by atoms with Gasteiger partial charge in [0.1, 0.15) is 5.75 Å². The first-order chi connectivity index (χ1) is 16.3. The molecule has 0 bridgehead atoms. The predicted octanol–water partition coefficient (Wildman–Crippen LogP) is 4.33. The van der Waals surface area contributed by atoms with E-state index in [1.54, 1.807) is 24.3 Å². The summed E-state index contributed by atoms with van der Waals surface area (Å²) in [6.45, 7) is 5.42. The first-order valence-electron chi connectivity index (χ1n) is 11.5. The number of nitrogens with one attached hydrogen (secondary N) is 1. The third kappa shape index (κ3) is 6.15. The van der Waals surface area contributed by atoms with Gasteiger partial charge in [0.2, 0.25) is 10.0 Å². The fourth-order valence-electron chi connectivity index (χ4n) is 3.68. The van der Waals surface area contributed by atoms with Crippen molar-refractivity contribution in [1.29, 1.82) is 0 Å². The monoisotopic (exact) mass is 488 g/mol. The Kier molecular flexibility index (Phi) is 8.68. The van der Waals surface area contributed by atoms with E-state index in [9.17, 15) is 18.0 Å². The van der Waals surface area contributed by atoms with E-state index in [-0.39, 0.29) is 16.2 Å². The molecule has 1 aliphatic rings. The second kappa shape index (κ2) is 11.5. The van der Waals surface area contributed by atoms with Crippen LogP contribution in [0, 0.1) is 5.92 Å². The van der Waals surface area contributed by atoms with Crippen LogP contribution in [-0.2, 0) is 14.8 Å². The number of benzene rings is 2. The Labute approximate surface area is 201 Å². The Morgan fingerprint density at radius 1 is 1.09 bits per heavy atom. The highest BCUT2D eigenvalue weighted by Gasteiger charge is 2.29. The maximum atomic E-state index is 13.1. The summed E-state index contributed by atoms with van der Waals surface area (Å²) in [4.78, 5) is 25.1. The van der Waals surface area contributed by atoms with Crippen molar-refractivity contribution in [2.45, 2.75) is 44.4 Å². The van der Waals surface area contributed by atoms with Crippen LogP contribution < -0.4 is 10.1 Å². The number of ether oxygens (including phenoxy) is 2. The minimum atomic E-state index is -3.72. The molecule has 0 atom stereocenters. The van der Waals surface area contributed by atoms with Crippen molar-refractivity contribution in [2.24, 2.45) is 5.92 Å². The average molecular weight is 489 g/mol. The highest BCUT2D eigenvalue weighted by atomic mass is 32.2. The summed E-state index contributed by atoms with van der Waals surface area (Å²) in [6, 6.07) is 10.6. The number of methoxy groups -OCH3 is 1. The SMILES string of the molecule is CCCCOC(=O)c1ccc(NC(=O)c2cc(S(=O)(=O)N3CCC(C)CC3)ccc2OC)cc1. The Morgan fingerprint density at radius 2 is 1.76 bits per heavy atom. The number of unbranched alkanes of at least 4 members (excludes halogenated alkanes) is 1. The van der Waals surface area contributed by atoms with Gasteiger partial charge in [-0.2, -0.15) is 4.31 Å². The van der Waals surface area contributed by atoms with Crippen LogP contribution in [0.2, 0.25) is 0 Å². The number of piperidine rings is 1. The summed E-state index contributed by atoms with van der Waals surface area (Å²) in [5.41, 5.74) is 0.947. The minimum Gasteiger partial charge on any atom is -0.496 e. The second-order valence-electron chi connectivity index (χ2n) is 8.47. The molecule has 1 amide bonds. The van der Waals surface area contributed by atoms with Crippen LogP contribution in [0.4, 0.5) is 5.69 Å². The summed E-state index contributed by atoms with van der Waals surface area (Å²) < 4.78 is 38.2. The van der Waals surface area contributed by atoms with Crippen LogP contribution in [0.1, 0.15) is 60.2 Å². The van der Waals surface area contributed by atoms with E-state index in [1.807, 2.05) is 6.92 Å². The normalized spacial score (nSPS) is 15.0. The fourth-order valence-corrected chi connectivity index (χ4v) is 5.18. The lowest BCUT2D eigenvalue weighted by molar-refractivity contribution is 0.0499. The number of rotatable bonds is 9. The van der Waals surface area contributed by atoms with Crippen LogP contribution in [-0.4, -0.2) is 51.4 Å². The number of nitrogens with zero attached hydrogens (tertiary/aromatic N) is 1. The van der Waals surface area contributed by atoms with Crippen molar-refractivity contribution < 1.29 is 27.5 Å². The molecule has 0 aliphatic carbocycles. The first kappa shape index (κ1) is 25.7. The number of carbonyl (C=O) groups is 2. The molecule has 184 valence electrons. The zero-order chi connectivity index (χ0) is 24.7. The van der Waals surface area contributed by atoms with E-state index in [4.69, 9.17) is 9.47 Å². The van der Waals surface area contributed by atoms with Crippen molar-refractivity contribution in [2.75, 3.05) is 32.1 Å². The number of hydrogen-bond donors (Lipinski definition) is 1. The highest BCUT2D eigenvalue weighted by Crippen LogP contribution is 2.28. The van der Waals surface area contributed by atoms with Crippen LogP contribution in [0.3, 0.4) is 0 Å². The predicted molar refractivity (Wildman–Crippen MR) is 130 cm³/mol. The Bertz CT molecular complexity index is 1110. The molecule has 1 N–H and O–H groups in total. The second-order valence-corrected chi connectivity index (χ2v) is 10.4. The molecule has 34 heavy (non-hydrogen) atoms. The van der Waals surface area contributed by atoms with Gasteiger partial charge in [0, 0.05) is 18.8 Å². The van der Waals surface area contributed by atoms with E-state index in [0.29, 0.717) is 36.9 Å². The van der Waals surface area contributed by atoms with Gasteiger partial charge in [-0.3, -0.25) is 4.79 Å². The Balaban J connectivity index is 1.76. The number of hydrogen-bond acceptors (Lipinski definition) is 6. The largest absolute Gasteiger partial charge is 0.496 e. The molecule has 3 rings (SSSR count). The van der Waals surface area contributed by atoms with Gasteiger partial charge in [-0.05, 0) is 67.6 Å². The van der Waals surface area contributed by atoms with Crippen molar-refractivity contribution >= 4 is 27.6 Å². The number of anilines is 1. The van der Waals surface area contributed by atoms with E-state index >= 15 is 0 Å². The van der Waals surface area contributed by atoms with Crippen molar-refractivity contribution in [1.82, 2.24) is 4.31 Å². The lowest BCUT2D eigenvalue weighted by Gasteiger charge is -2.29. The molecule has 1 aliphatic heterocycles. The number of esters is 1. The quantitative estimate of drug-likeness (QED) is 0.417. The maximum Gasteiger partial charge on any atom is 0.338 e. The van der Waals surface area contributed by atoms with E-state index in [1.165, 1.54) is 29.6 Å². The van der Waals surface area contributed by atoms with Crippen molar-refractivity contribution in [3.63, 3.8) is 0 Å². The zero-order valence-electron chi connectivity index (χ0n) is 19.9. The van der Waals surface area contributed by atoms with Crippen LogP contribution >= 0.6 is 0 Å². The van der Waals surface area contributed by atoms with Crippen LogP contribution in [0.25, 0.3) is 0 Å². The Hall–Kier alpha value is -2.91. The van der Waals surface area contributed by atoms with Gasteiger partial charge < -0.3 is 14.8 Å². The fraction of sp³-hybridized carbons (Fsp3) is 0.440. The molecule has 0 unspecified atom stereocenters. The molecule has 2 aromatic rings. The van der Waals surface area contributed by atoms with Crippen LogP contribution in [0.15, 0.2) is 47.4 Å². The summed E-state index contributed by atoms with van der Waals surface area (Å²) in [7, 11) is -2.30. The van der Waals surface area contributed by atoms with Crippen LogP contribution in [0.5, 0.6) is 5.75 Å². The zero-order valence-corrected chi connectivity index (χ0v) is 20.7. The molecule has 9 heteroatoms.